The fraction of sp³-hybridized carbons (Fsp3) is 0.294. The van der Waals surface area contributed by atoms with Crippen LogP contribution < -0.4 is 5.32 Å². The van der Waals surface area contributed by atoms with Gasteiger partial charge in [-0.3, -0.25) is 14.7 Å². The molecule has 1 fully saturated rings. The zero-order valence-electron chi connectivity index (χ0n) is 14.3. The Morgan fingerprint density at radius 2 is 1.96 bits per heavy atom. The molecule has 0 bridgehead atoms. The summed E-state index contributed by atoms with van der Waals surface area (Å²) >= 11 is 5.81. The first-order valence-corrected chi connectivity index (χ1v) is 10.1. The highest BCUT2D eigenvalue weighted by atomic mass is 35.5. The van der Waals surface area contributed by atoms with Gasteiger partial charge in [0, 0.05) is 43.6 Å². The molecule has 1 aliphatic heterocycles. The van der Waals surface area contributed by atoms with Crippen LogP contribution in [0.25, 0.3) is 0 Å². The molecule has 1 aromatic carbocycles. The Labute approximate surface area is 161 Å². The van der Waals surface area contributed by atoms with Crippen molar-refractivity contribution >= 4 is 33.2 Å². The molecule has 144 valence electrons. The molecule has 1 saturated heterocycles. The quantitative estimate of drug-likeness (QED) is 0.810. The molecule has 2 heterocycles. The highest BCUT2D eigenvalue weighted by Gasteiger charge is 2.29. The lowest BCUT2D eigenvalue weighted by Gasteiger charge is -2.33. The summed E-state index contributed by atoms with van der Waals surface area (Å²) in [5.41, 5.74) is 0.0188. The van der Waals surface area contributed by atoms with Gasteiger partial charge in [-0.2, -0.15) is 4.31 Å². The zero-order chi connectivity index (χ0) is 19.4. The summed E-state index contributed by atoms with van der Waals surface area (Å²) in [6, 6.07) is 6.99. The monoisotopic (exact) mass is 412 g/mol. The fourth-order valence-corrected chi connectivity index (χ4v) is 4.32. The van der Waals surface area contributed by atoms with E-state index in [-0.39, 0.29) is 36.1 Å². The number of piperazine rings is 1. The van der Waals surface area contributed by atoms with Gasteiger partial charge in [0.15, 0.2) is 0 Å². The number of nitrogens with zero attached hydrogens (tertiary/aromatic N) is 3. The molecule has 2 aromatic rings. The topological polar surface area (TPSA) is 82.6 Å². The zero-order valence-corrected chi connectivity index (χ0v) is 15.9. The van der Waals surface area contributed by atoms with Crippen LogP contribution in [0.2, 0.25) is 5.02 Å². The first-order valence-electron chi connectivity index (χ1n) is 8.24. The lowest BCUT2D eigenvalue weighted by atomic mass is 10.3. The number of pyridine rings is 1. The van der Waals surface area contributed by atoms with Crippen LogP contribution >= 0.6 is 11.6 Å². The molecule has 0 unspecified atom stereocenters. The van der Waals surface area contributed by atoms with E-state index in [4.69, 9.17) is 11.6 Å². The number of amides is 1. The van der Waals surface area contributed by atoms with E-state index in [1.165, 1.54) is 41.0 Å². The minimum Gasteiger partial charge on any atom is -0.322 e. The molecule has 0 aliphatic carbocycles. The maximum Gasteiger partial charge on any atom is 0.244 e. The highest BCUT2D eigenvalue weighted by molar-refractivity contribution is 7.89. The number of anilines is 1. The number of benzene rings is 1. The third kappa shape index (κ3) is 4.81. The Balaban J connectivity index is 1.55. The highest BCUT2D eigenvalue weighted by Crippen LogP contribution is 2.20. The lowest BCUT2D eigenvalue weighted by molar-refractivity contribution is -0.117. The summed E-state index contributed by atoms with van der Waals surface area (Å²) < 4.78 is 40.2. The second-order valence-corrected chi connectivity index (χ2v) is 8.42. The normalized spacial score (nSPS) is 16.2. The van der Waals surface area contributed by atoms with Gasteiger partial charge in [-0.05, 0) is 30.3 Å². The molecular weight excluding hydrogens is 395 g/mol. The van der Waals surface area contributed by atoms with E-state index < -0.39 is 15.8 Å². The van der Waals surface area contributed by atoms with Gasteiger partial charge in [0.25, 0.3) is 0 Å². The minimum absolute atomic E-state index is 0.0188. The van der Waals surface area contributed by atoms with Crippen LogP contribution in [0.4, 0.5) is 10.1 Å². The Morgan fingerprint density at radius 1 is 1.22 bits per heavy atom. The number of hydrogen-bond donors (Lipinski definition) is 1. The number of rotatable bonds is 5. The predicted molar refractivity (Wildman–Crippen MR) is 99.5 cm³/mol. The maximum absolute atomic E-state index is 13.7. The minimum atomic E-state index is -3.59. The van der Waals surface area contributed by atoms with Crippen molar-refractivity contribution in [2.24, 2.45) is 0 Å². The van der Waals surface area contributed by atoms with Crippen molar-refractivity contribution in [3.8, 4) is 0 Å². The molecule has 1 N–H and O–H groups in total. The van der Waals surface area contributed by atoms with Gasteiger partial charge in [-0.15, -0.1) is 0 Å². The summed E-state index contributed by atoms with van der Waals surface area (Å²) in [5, 5.41) is 2.81. The summed E-state index contributed by atoms with van der Waals surface area (Å²) in [6.45, 7) is 1.34. The molecule has 27 heavy (non-hydrogen) atoms. The average Bonchev–Trinajstić information content (AvgIpc) is 2.66. The van der Waals surface area contributed by atoms with Crippen LogP contribution in [0.5, 0.6) is 0 Å². The SMILES string of the molecule is O=C(CN1CCN(S(=O)(=O)c2cccnc2)CC1)Nc1cc(Cl)ccc1F. The second kappa shape index (κ2) is 8.30. The molecular formula is C17H18ClFN4O3S. The molecule has 0 atom stereocenters. The third-order valence-electron chi connectivity index (χ3n) is 4.17. The first kappa shape index (κ1) is 19.7. The molecule has 1 amide bonds. The van der Waals surface area contributed by atoms with E-state index in [2.05, 4.69) is 10.3 Å². The van der Waals surface area contributed by atoms with Crippen molar-refractivity contribution in [1.29, 1.82) is 0 Å². The Hall–Kier alpha value is -2.07. The lowest BCUT2D eigenvalue weighted by Crippen LogP contribution is -2.50. The van der Waals surface area contributed by atoms with Crippen molar-refractivity contribution in [2.75, 3.05) is 38.0 Å². The van der Waals surface area contributed by atoms with Gasteiger partial charge < -0.3 is 5.32 Å². The predicted octanol–water partition coefficient (Wildman–Crippen LogP) is 1.82. The molecule has 0 spiro atoms. The van der Waals surface area contributed by atoms with Gasteiger partial charge in [0.2, 0.25) is 15.9 Å². The van der Waals surface area contributed by atoms with Gasteiger partial charge in [0.05, 0.1) is 12.2 Å². The number of carbonyl (C=O) groups is 1. The molecule has 1 aromatic heterocycles. The third-order valence-corrected chi connectivity index (χ3v) is 6.29. The standard InChI is InChI=1S/C17H18ClFN4O3S/c18-13-3-4-15(19)16(10-13)21-17(24)12-22-6-8-23(9-7-22)27(25,26)14-2-1-5-20-11-14/h1-5,10-11H,6-9,12H2,(H,21,24). The first-order chi connectivity index (χ1) is 12.9. The van der Waals surface area contributed by atoms with Crippen molar-refractivity contribution in [3.63, 3.8) is 0 Å². The van der Waals surface area contributed by atoms with Crippen LogP contribution in [-0.2, 0) is 14.8 Å². The molecule has 10 heteroatoms. The van der Waals surface area contributed by atoms with Gasteiger partial charge in [0.1, 0.15) is 10.7 Å². The Morgan fingerprint density at radius 3 is 2.63 bits per heavy atom. The smallest absolute Gasteiger partial charge is 0.244 e. The Bertz CT molecular complexity index is 919. The van der Waals surface area contributed by atoms with E-state index in [0.29, 0.717) is 18.1 Å². The second-order valence-electron chi connectivity index (χ2n) is 6.04. The van der Waals surface area contributed by atoms with Crippen LogP contribution in [0.3, 0.4) is 0 Å². The van der Waals surface area contributed by atoms with E-state index in [9.17, 15) is 17.6 Å². The van der Waals surface area contributed by atoms with Gasteiger partial charge in [-0.1, -0.05) is 11.6 Å². The summed E-state index contributed by atoms with van der Waals surface area (Å²) in [5.74, 6) is -0.958. The van der Waals surface area contributed by atoms with E-state index in [1.807, 2.05) is 4.90 Å². The van der Waals surface area contributed by atoms with Crippen molar-refractivity contribution in [2.45, 2.75) is 4.90 Å². The van der Waals surface area contributed by atoms with Crippen molar-refractivity contribution in [1.82, 2.24) is 14.2 Å². The number of nitrogens with one attached hydrogen (secondary N) is 1. The molecule has 7 nitrogen and oxygen atoms in total. The summed E-state index contributed by atoms with van der Waals surface area (Å²) in [4.78, 5) is 17.9. The average molecular weight is 413 g/mol. The fourth-order valence-electron chi connectivity index (χ4n) is 2.76. The molecule has 3 rings (SSSR count). The van der Waals surface area contributed by atoms with Gasteiger partial charge >= 0.3 is 0 Å². The number of sulfonamides is 1. The number of halogens is 2. The van der Waals surface area contributed by atoms with Crippen molar-refractivity contribution < 1.29 is 17.6 Å². The Kier molecular flexibility index (Phi) is 6.05. The molecule has 1 aliphatic rings. The van der Waals surface area contributed by atoms with E-state index >= 15 is 0 Å². The number of aromatic nitrogens is 1. The van der Waals surface area contributed by atoms with Crippen LogP contribution in [0, 0.1) is 5.82 Å². The largest absolute Gasteiger partial charge is 0.322 e. The van der Waals surface area contributed by atoms with E-state index in [1.54, 1.807) is 6.07 Å². The van der Waals surface area contributed by atoms with Gasteiger partial charge in [-0.25, -0.2) is 12.8 Å². The molecule has 0 radical (unpaired) electrons. The maximum atomic E-state index is 13.7. The summed E-state index contributed by atoms with van der Waals surface area (Å²) in [6.07, 6.45) is 2.83. The number of carbonyl (C=O) groups excluding carboxylic acids is 1. The number of hydrogen-bond acceptors (Lipinski definition) is 5. The van der Waals surface area contributed by atoms with Crippen LogP contribution in [0.15, 0.2) is 47.6 Å². The van der Waals surface area contributed by atoms with Crippen LogP contribution in [0.1, 0.15) is 0 Å². The molecule has 0 saturated carbocycles. The van der Waals surface area contributed by atoms with E-state index in [0.717, 1.165) is 0 Å². The van der Waals surface area contributed by atoms with Crippen LogP contribution in [-0.4, -0.2) is 61.2 Å². The van der Waals surface area contributed by atoms with Crippen molar-refractivity contribution in [3.05, 3.63) is 53.6 Å². The summed E-state index contributed by atoms with van der Waals surface area (Å²) in [7, 11) is -3.59.